The molecule has 0 N–H and O–H groups in total. The zero-order valence-electron chi connectivity index (χ0n) is 17.0. The minimum absolute atomic E-state index is 0.150. The van der Waals surface area contributed by atoms with E-state index in [1.807, 2.05) is 12.1 Å². The van der Waals surface area contributed by atoms with Crippen LogP contribution in [0.3, 0.4) is 0 Å². The van der Waals surface area contributed by atoms with Crippen LogP contribution in [-0.4, -0.2) is 36.1 Å². The van der Waals surface area contributed by atoms with E-state index in [2.05, 4.69) is 46.5 Å². The van der Waals surface area contributed by atoms with Crippen LogP contribution in [0.25, 0.3) is 0 Å². The quantitative estimate of drug-likeness (QED) is 0.521. The van der Waals surface area contributed by atoms with E-state index in [4.69, 9.17) is 4.43 Å². The van der Waals surface area contributed by atoms with Crippen LogP contribution in [0, 0.1) is 0 Å². The van der Waals surface area contributed by atoms with E-state index in [1.165, 1.54) is 4.90 Å². The zero-order valence-corrected chi connectivity index (χ0v) is 18.0. The van der Waals surface area contributed by atoms with Crippen molar-refractivity contribution in [1.82, 2.24) is 9.88 Å². The number of hydrogen-bond donors (Lipinski definition) is 0. The van der Waals surface area contributed by atoms with Gasteiger partial charge in [-0.2, -0.15) is 0 Å². The predicted octanol–water partition coefficient (Wildman–Crippen LogP) is 4.46. The summed E-state index contributed by atoms with van der Waals surface area (Å²) in [5.41, 5.74) is 2.04. The summed E-state index contributed by atoms with van der Waals surface area (Å²) < 4.78 is 6.74. The maximum Gasteiger partial charge on any atom is 0.260 e. The number of carbonyl (C=O) groups excluding carboxylic acids is 2. The van der Waals surface area contributed by atoms with Gasteiger partial charge in [-0.3, -0.25) is 19.5 Å². The van der Waals surface area contributed by atoms with Crippen LogP contribution >= 0.6 is 0 Å². The number of carbonyl (C=O) groups is 2. The first-order chi connectivity index (χ1) is 12.2. The van der Waals surface area contributed by atoms with Crippen LogP contribution in [0.2, 0.25) is 16.6 Å². The molecule has 144 valence electrons. The van der Waals surface area contributed by atoms with Crippen molar-refractivity contribution in [3.05, 3.63) is 30.1 Å². The predicted molar refractivity (Wildman–Crippen MR) is 105 cm³/mol. The highest BCUT2D eigenvalue weighted by Gasteiger charge is 2.57. The molecule has 2 amide bonds. The largest absolute Gasteiger partial charge is 0.402 e. The minimum Gasteiger partial charge on any atom is -0.402 e. The van der Waals surface area contributed by atoms with Crippen molar-refractivity contribution in [3.63, 3.8) is 0 Å². The van der Waals surface area contributed by atoms with Crippen LogP contribution in [0.1, 0.15) is 66.5 Å². The number of hydrogen-bond acceptors (Lipinski definition) is 4. The van der Waals surface area contributed by atoms with Crippen molar-refractivity contribution in [3.8, 4) is 0 Å². The molecule has 0 saturated carbocycles. The Bertz CT molecular complexity index is 624. The minimum atomic E-state index is -2.23. The molecule has 5 nitrogen and oxygen atoms in total. The van der Waals surface area contributed by atoms with Crippen molar-refractivity contribution < 1.29 is 14.0 Å². The van der Waals surface area contributed by atoms with Gasteiger partial charge in [-0.1, -0.05) is 48.5 Å². The molecule has 0 spiro atoms. The first-order valence-corrected chi connectivity index (χ1v) is 11.8. The number of pyridine rings is 1. The fourth-order valence-electron chi connectivity index (χ4n) is 4.54. The van der Waals surface area contributed by atoms with Crippen LogP contribution in [0.15, 0.2) is 24.5 Å². The number of nitrogens with zero attached hydrogens (tertiary/aromatic N) is 2. The van der Waals surface area contributed by atoms with Gasteiger partial charge in [0.2, 0.25) is 14.2 Å². The molecule has 2 rings (SSSR count). The number of amides is 2. The molecule has 1 aliphatic heterocycles. The molecule has 6 heteroatoms. The molecule has 0 aliphatic carbocycles. The van der Waals surface area contributed by atoms with E-state index in [0.29, 0.717) is 23.0 Å². The summed E-state index contributed by atoms with van der Waals surface area (Å²) in [7, 11) is -2.23. The first kappa shape index (κ1) is 20.8. The second-order valence-electron chi connectivity index (χ2n) is 8.04. The highest BCUT2D eigenvalue weighted by atomic mass is 28.4. The van der Waals surface area contributed by atoms with Gasteiger partial charge in [0, 0.05) is 18.8 Å². The molecular formula is C20H32N2O3Si. The van der Waals surface area contributed by atoms with Gasteiger partial charge in [0.25, 0.3) is 5.91 Å². The van der Waals surface area contributed by atoms with Gasteiger partial charge in [0.05, 0.1) is 6.04 Å². The number of imide groups is 1. The third kappa shape index (κ3) is 3.37. The second-order valence-corrected chi connectivity index (χ2v) is 13.4. The lowest BCUT2D eigenvalue weighted by molar-refractivity contribution is -0.173. The van der Waals surface area contributed by atoms with Crippen LogP contribution < -0.4 is 0 Å². The zero-order chi connectivity index (χ0) is 19.6. The summed E-state index contributed by atoms with van der Waals surface area (Å²) in [6.45, 7) is 15.0. The van der Waals surface area contributed by atoms with E-state index in [-0.39, 0.29) is 17.9 Å². The molecule has 2 heterocycles. The van der Waals surface area contributed by atoms with Gasteiger partial charge >= 0.3 is 0 Å². The van der Waals surface area contributed by atoms with E-state index >= 15 is 0 Å². The Balaban J connectivity index is 2.43. The summed E-state index contributed by atoms with van der Waals surface area (Å²) in [6.07, 6.45) is 3.12. The summed E-state index contributed by atoms with van der Waals surface area (Å²) in [6, 6.07) is 3.39. The molecule has 1 aromatic heterocycles. The van der Waals surface area contributed by atoms with Gasteiger partial charge in [0.1, 0.15) is 0 Å². The Kier molecular flexibility index (Phi) is 6.40. The smallest absolute Gasteiger partial charge is 0.260 e. The van der Waals surface area contributed by atoms with Gasteiger partial charge in [-0.25, -0.2) is 0 Å². The Morgan fingerprint density at radius 2 is 1.62 bits per heavy atom. The number of aromatic nitrogens is 1. The molecule has 1 fully saturated rings. The Labute approximate surface area is 158 Å². The SMILES string of the molecule is CCC(=O)N1C(=O)[C@H](O[Si](C(C)C)(C(C)C)C(C)C)[C@@H]1c1ccncc1. The fourth-order valence-corrected chi connectivity index (χ4v) is 10.0. The van der Waals surface area contributed by atoms with Gasteiger partial charge in [-0.15, -0.1) is 0 Å². The fraction of sp³-hybridized carbons (Fsp3) is 0.650. The van der Waals surface area contributed by atoms with E-state index in [9.17, 15) is 9.59 Å². The summed E-state index contributed by atoms with van der Waals surface area (Å²) in [5.74, 6) is -0.347. The van der Waals surface area contributed by atoms with E-state index < -0.39 is 14.4 Å². The van der Waals surface area contributed by atoms with Gasteiger partial charge in [0.15, 0.2) is 6.10 Å². The van der Waals surface area contributed by atoms with Crippen molar-refractivity contribution in [2.24, 2.45) is 0 Å². The topological polar surface area (TPSA) is 59.5 Å². The molecule has 0 radical (unpaired) electrons. The normalized spacial score (nSPS) is 20.8. The van der Waals surface area contributed by atoms with Crippen molar-refractivity contribution in [1.29, 1.82) is 0 Å². The molecule has 1 aromatic rings. The summed E-state index contributed by atoms with van der Waals surface area (Å²) >= 11 is 0. The summed E-state index contributed by atoms with van der Waals surface area (Å²) in [4.78, 5) is 30.7. The Morgan fingerprint density at radius 3 is 2.04 bits per heavy atom. The van der Waals surface area contributed by atoms with Gasteiger partial charge in [-0.05, 0) is 34.3 Å². The molecule has 2 atom stereocenters. The number of rotatable bonds is 7. The maximum absolute atomic E-state index is 12.9. The number of β-lactam (4-membered cyclic amide) rings is 1. The number of likely N-dealkylation sites (tertiary alicyclic amines) is 1. The van der Waals surface area contributed by atoms with Gasteiger partial charge < -0.3 is 4.43 Å². The van der Waals surface area contributed by atoms with E-state index in [0.717, 1.165) is 5.56 Å². The molecule has 1 saturated heterocycles. The Hall–Kier alpha value is -1.53. The molecule has 0 bridgehead atoms. The lowest BCUT2D eigenvalue weighted by Gasteiger charge is -2.52. The van der Waals surface area contributed by atoms with Crippen LogP contribution in [-0.2, 0) is 14.0 Å². The highest BCUT2D eigenvalue weighted by molar-refractivity contribution is 6.77. The van der Waals surface area contributed by atoms with Crippen LogP contribution in [0.4, 0.5) is 0 Å². The van der Waals surface area contributed by atoms with Crippen molar-refractivity contribution >= 4 is 20.1 Å². The molecule has 26 heavy (non-hydrogen) atoms. The van der Waals surface area contributed by atoms with E-state index in [1.54, 1.807) is 19.3 Å². The average molecular weight is 377 g/mol. The van der Waals surface area contributed by atoms with Crippen molar-refractivity contribution in [2.45, 2.75) is 83.7 Å². The average Bonchev–Trinajstić information content (AvgIpc) is 2.59. The molecular weight excluding hydrogens is 344 g/mol. The summed E-state index contributed by atoms with van der Waals surface area (Å²) in [5, 5.41) is 0. The first-order valence-electron chi connectivity index (χ1n) is 9.62. The lowest BCUT2D eigenvalue weighted by atomic mass is 9.91. The highest BCUT2D eigenvalue weighted by Crippen LogP contribution is 2.47. The second kappa shape index (κ2) is 8.01. The molecule has 0 aromatic carbocycles. The maximum atomic E-state index is 12.9. The monoisotopic (exact) mass is 376 g/mol. The van der Waals surface area contributed by atoms with Crippen LogP contribution in [0.5, 0.6) is 0 Å². The lowest BCUT2D eigenvalue weighted by Crippen LogP contribution is -2.66. The Morgan fingerprint density at radius 1 is 1.12 bits per heavy atom. The third-order valence-corrected chi connectivity index (χ3v) is 11.8. The standard InChI is InChI=1S/C20H32N2O3Si/c1-8-17(23)22-18(16-9-11-21-12-10-16)19(20(22)24)25-26(13(2)3,14(4)5)15(6)7/h9-15,18-19H,8H2,1-7H3/t18-,19+/m0/s1. The van der Waals surface area contributed by atoms with Crippen molar-refractivity contribution in [2.75, 3.05) is 0 Å². The third-order valence-electron chi connectivity index (χ3n) is 5.70. The molecule has 1 aliphatic rings. The molecule has 0 unspecified atom stereocenters.